The average Bonchev–Trinajstić information content (AvgIpc) is 2.63. The van der Waals surface area contributed by atoms with Crippen LogP contribution in [0.3, 0.4) is 0 Å². The Bertz CT molecular complexity index is 436. The van der Waals surface area contributed by atoms with E-state index in [1.807, 2.05) is 48.5 Å². The molecular formula is C17H32BNO5. The van der Waals surface area contributed by atoms with Gasteiger partial charge in [-0.1, -0.05) is 0 Å². The third-order valence-electron chi connectivity index (χ3n) is 4.86. The van der Waals surface area contributed by atoms with E-state index < -0.39 is 5.60 Å². The summed E-state index contributed by atoms with van der Waals surface area (Å²) in [5.74, 6) is 0. The molecule has 6 nitrogen and oxygen atoms in total. The molecule has 7 heteroatoms. The molecule has 2 aliphatic heterocycles. The zero-order valence-corrected chi connectivity index (χ0v) is 16.2. The monoisotopic (exact) mass is 341 g/mol. The fraction of sp³-hybridized carbons (Fsp3) is 0.941. The van der Waals surface area contributed by atoms with Crippen LogP contribution in [0.4, 0.5) is 4.79 Å². The third kappa shape index (κ3) is 4.86. The SMILES string of the molecule is CC(C)(C)OC(=O)N1CCC(OCB2OC(C)(C)C(C)(C)O2)CC1. The lowest BCUT2D eigenvalue weighted by Crippen LogP contribution is -2.44. The molecule has 0 saturated carbocycles. The molecule has 0 atom stereocenters. The highest BCUT2D eigenvalue weighted by Gasteiger charge is 2.51. The van der Waals surface area contributed by atoms with Crippen LogP contribution in [0, 0.1) is 0 Å². The van der Waals surface area contributed by atoms with Crippen molar-refractivity contribution in [3.8, 4) is 0 Å². The second-order valence-electron chi connectivity index (χ2n) is 8.69. The first-order valence-corrected chi connectivity index (χ1v) is 8.85. The summed E-state index contributed by atoms with van der Waals surface area (Å²) >= 11 is 0. The molecule has 0 aliphatic carbocycles. The number of piperidine rings is 1. The topological polar surface area (TPSA) is 57.2 Å². The Balaban J connectivity index is 1.72. The number of likely N-dealkylation sites (tertiary alicyclic amines) is 1. The zero-order valence-electron chi connectivity index (χ0n) is 16.2. The van der Waals surface area contributed by atoms with Gasteiger partial charge in [-0.25, -0.2) is 4.79 Å². The van der Waals surface area contributed by atoms with E-state index in [-0.39, 0.29) is 30.5 Å². The lowest BCUT2D eigenvalue weighted by atomic mass is 9.90. The molecule has 2 saturated heterocycles. The molecule has 0 aromatic heterocycles. The van der Waals surface area contributed by atoms with Crippen molar-refractivity contribution >= 4 is 13.2 Å². The summed E-state index contributed by atoms with van der Waals surface area (Å²) in [4.78, 5) is 13.8. The van der Waals surface area contributed by atoms with Crippen LogP contribution in [-0.2, 0) is 18.8 Å². The molecule has 0 aromatic carbocycles. The highest BCUT2D eigenvalue weighted by Crippen LogP contribution is 2.36. The van der Waals surface area contributed by atoms with E-state index in [2.05, 4.69) is 0 Å². The van der Waals surface area contributed by atoms with E-state index in [1.165, 1.54) is 0 Å². The predicted octanol–water partition coefficient (Wildman–Crippen LogP) is 3.03. The van der Waals surface area contributed by atoms with Crippen LogP contribution in [0.5, 0.6) is 0 Å². The van der Waals surface area contributed by atoms with Crippen molar-refractivity contribution in [2.24, 2.45) is 0 Å². The Kier molecular flexibility index (Phi) is 5.57. The molecule has 2 rings (SSSR count). The van der Waals surface area contributed by atoms with E-state index in [9.17, 15) is 4.79 Å². The number of carbonyl (C=O) groups excluding carboxylic acids is 1. The summed E-state index contributed by atoms with van der Waals surface area (Å²) in [5.41, 5.74) is -1.12. The van der Waals surface area contributed by atoms with Crippen molar-refractivity contribution in [3.05, 3.63) is 0 Å². The Labute approximate surface area is 146 Å². The van der Waals surface area contributed by atoms with Gasteiger partial charge >= 0.3 is 13.2 Å². The van der Waals surface area contributed by atoms with Gasteiger partial charge in [0.2, 0.25) is 0 Å². The van der Waals surface area contributed by atoms with Crippen molar-refractivity contribution in [1.82, 2.24) is 4.90 Å². The van der Waals surface area contributed by atoms with Gasteiger partial charge < -0.3 is 23.7 Å². The Morgan fingerprint density at radius 1 is 1.12 bits per heavy atom. The van der Waals surface area contributed by atoms with E-state index in [4.69, 9.17) is 18.8 Å². The minimum atomic E-state index is -0.457. The number of nitrogens with zero attached hydrogens (tertiary/aromatic N) is 1. The molecule has 24 heavy (non-hydrogen) atoms. The van der Waals surface area contributed by atoms with Gasteiger partial charge in [-0.2, -0.15) is 0 Å². The molecule has 2 fully saturated rings. The van der Waals surface area contributed by atoms with Crippen LogP contribution in [0.2, 0.25) is 0 Å². The van der Waals surface area contributed by atoms with Gasteiger partial charge in [-0.15, -0.1) is 0 Å². The summed E-state index contributed by atoms with van der Waals surface area (Å²) in [6.07, 6.45) is 1.49. The van der Waals surface area contributed by atoms with Gasteiger partial charge in [0.1, 0.15) is 5.60 Å². The second kappa shape index (κ2) is 6.85. The molecule has 2 heterocycles. The molecule has 138 valence electrons. The molecular weight excluding hydrogens is 309 g/mol. The first-order valence-electron chi connectivity index (χ1n) is 8.85. The largest absolute Gasteiger partial charge is 0.485 e. The quantitative estimate of drug-likeness (QED) is 0.739. The van der Waals surface area contributed by atoms with Crippen LogP contribution in [0.1, 0.15) is 61.3 Å². The van der Waals surface area contributed by atoms with Gasteiger partial charge in [0, 0.05) is 13.1 Å². The number of amides is 1. The number of hydrogen-bond acceptors (Lipinski definition) is 5. The molecule has 0 spiro atoms. The summed E-state index contributed by atoms with van der Waals surface area (Å²) < 4.78 is 23.2. The van der Waals surface area contributed by atoms with E-state index >= 15 is 0 Å². The van der Waals surface area contributed by atoms with Gasteiger partial charge in [-0.3, -0.25) is 0 Å². The molecule has 0 bridgehead atoms. The minimum absolute atomic E-state index is 0.128. The summed E-state index contributed by atoms with van der Waals surface area (Å²) in [5, 5.41) is 0. The van der Waals surface area contributed by atoms with Gasteiger partial charge in [0.05, 0.1) is 23.8 Å². The summed E-state index contributed by atoms with van der Waals surface area (Å²) in [6, 6.07) is 0. The minimum Gasteiger partial charge on any atom is -0.444 e. The highest BCUT2D eigenvalue weighted by atomic mass is 16.7. The van der Waals surface area contributed by atoms with Gasteiger partial charge in [-0.05, 0) is 61.3 Å². The van der Waals surface area contributed by atoms with Crippen molar-refractivity contribution in [2.45, 2.75) is 84.2 Å². The number of rotatable bonds is 3. The second-order valence-corrected chi connectivity index (χ2v) is 8.69. The smallest absolute Gasteiger partial charge is 0.444 e. The molecule has 0 N–H and O–H groups in total. The summed E-state index contributed by atoms with van der Waals surface area (Å²) in [7, 11) is -0.334. The Morgan fingerprint density at radius 2 is 1.62 bits per heavy atom. The van der Waals surface area contributed by atoms with Gasteiger partial charge in [0.25, 0.3) is 0 Å². The Hall–Kier alpha value is -0.785. The fourth-order valence-electron chi connectivity index (χ4n) is 2.78. The average molecular weight is 341 g/mol. The molecule has 0 unspecified atom stereocenters. The third-order valence-corrected chi connectivity index (χ3v) is 4.86. The van der Waals surface area contributed by atoms with Crippen molar-refractivity contribution in [3.63, 3.8) is 0 Å². The normalized spacial score (nSPS) is 24.3. The fourth-order valence-corrected chi connectivity index (χ4v) is 2.78. The number of carbonyl (C=O) groups is 1. The maximum absolute atomic E-state index is 12.1. The molecule has 2 aliphatic rings. The standard InChI is InChI=1S/C17H32BNO5/c1-15(2,3)22-14(20)19-10-8-13(9-11-19)21-12-18-23-16(4,5)17(6,7)24-18/h13H,8-12H2,1-7H3. The molecule has 0 aromatic rings. The first-order chi connectivity index (χ1) is 10.9. The van der Waals surface area contributed by atoms with Crippen LogP contribution in [0.25, 0.3) is 0 Å². The zero-order chi connectivity index (χ0) is 18.2. The lowest BCUT2D eigenvalue weighted by Gasteiger charge is -2.33. The predicted molar refractivity (Wildman–Crippen MR) is 92.9 cm³/mol. The van der Waals surface area contributed by atoms with E-state index in [1.54, 1.807) is 4.90 Å². The van der Waals surface area contributed by atoms with Crippen molar-refractivity contribution in [1.29, 1.82) is 0 Å². The Morgan fingerprint density at radius 3 is 2.08 bits per heavy atom. The number of ether oxygens (including phenoxy) is 2. The van der Waals surface area contributed by atoms with Crippen LogP contribution < -0.4 is 0 Å². The lowest BCUT2D eigenvalue weighted by molar-refractivity contribution is -0.00572. The van der Waals surface area contributed by atoms with Crippen LogP contribution >= 0.6 is 0 Å². The van der Waals surface area contributed by atoms with E-state index in [0.717, 1.165) is 12.8 Å². The van der Waals surface area contributed by atoms with Crippen LogP contribution in [0.15, 0.2) is 0 Å². The van der Waals surface area contributed by atoms with Crippen molar-refractivity contribution < 1.29 is 23.6 Å². The van der Waals surface area contributed by atoms with Crippen LogP contribution in [-0.4, -0.2) is 60.6 Å². The summed E-state index contributed by atoms with van der Waals surface area (Å²) in [6.45, 7) is 15.5. The van der Waals surface area contributed by atoms with Gasteiger partial charge in [0.15, 0.2) is 0 Å². The van der Waals surface area contributed by atoms with E-state index in [0.29, 0.717) is 19.6 Å². The molecule has 1 amide bonds. The number of hydrogen-bond donors (Lipinski definition) is 0. The first kappa shape index (κ1) is 19.5. The maximum Gasteiger partial charge on any atom is 0.485 e. The molecule has 0 radical (unpaired) electrons. The maximum atomic E-state index is 12.1. The highest BCUT2D eigenvalue weighted by molar-refractivity contribution is 6.45. The van der Waals surface area contributed by atoms with Crippen molar-refractivity contribution in [2.75, 3.05) is 19.6 Å².